The lowest BCUT2D eigenvalue weighted by Gasteiger charge is -2.10. The molecule has 1 amide bonds. The van der Waals surface area contributed by atoms with Crippen LogP contribution in [0.4, 0.5) is 5.69 Å². The van der Waals surface area contributed by atoms with Crippen LogP contribution < -0.4 is 10.1 Å². The zero-order valence-electron chi connectivity index (χ0n) is 16.4. The number of rotatable bonds is 5. The van der Waals surface area contributed by atoms with Gasteiger partial charge < -0.3 is 10.1 Å². The molecule has 0 aromatic heterocycles. The number of ether oxygens (including phenoxy) is 1. The standard InChI is InChI=1S/C26H20ClNO2/c1-30-23-9-5-8-22(17-23)28-26(29)21-14-15-25(27)24(16-21)20-12-10-19(11-13-20)18-6-3-2-4-7-18/h2-17H,1H3,(H,28,29). The van der Waals surface area contributed by atoms with Crippen LogP contribution in [0.2, 0.25) is 5.02 Å². The minimum absolute atomic E-state index is 0.206. The van der Waals surface area contributed by atoms with Crippen molar-refractivity contribution in [1.29, 1.82) is 0 Å². The van der Waals surface area contributed by atoms with Crippen molar-refractivity contribution in [3.8, 4) is 28.0 Å². The molecule has 0 unspecified atom stereocenters. The monoisotopic (exact) mass is 413 g/mol. The quantitative estimate of drug-likeness (QED) is 0.385. The van der Waals surface area contributed by atoms with Crippen molar-refractivity contribution < 1.29 is 9.53 Å². The minimum atomic E-state index is -0.206. The average Bonchev–Trinajstić information content (AvgIpc) is 2.80. The maximum Gasteiger partial charge on any atom is 0.255 e. The molecule has 0 fully saturated rings. The lowest BCUT2D eigenvalue weighted by molar-refractivity contribution is 0.102. The molecule has 0 aliphatic carbocycles. The smallest absolute Gasteiger partial charge is 0.255 e. The second-order valence-corrected chi connectivity index (χ2v) is 7.23. The van der Waals surface area contributed by atoms with Crippen LogP contribution in [0.5, 0.6) is 5.75 Å². The van der Waals surface area contributed by atoms with Crippen molar-refractivity contribution in [2.75, 3.05) is 12.4 Å². The van der Waals surface area contributed by atoms with Crippen LogP contribution in [0.25, 0.3) is 22.3 Å². The van der Waals surface area contributed by atoms with E-state index in [1.807, 2.05) is 54.6 Å². The molecular formula is C26H20ClNO2. The van der Waals surface area contributed by atoms with Crippen molar-refractivity contribution in [2.24, 2.45) is 0 Å². The lowest BCUT2D eigenvalue weighted by Crippen LogP contribution is -2.12. The van der Waals surface area contributed by atoms with E-state index >= 15 is 0 Å². The predicted molar refractivity (Wildman–Crippen MR) is 123 cm³/mol. The molecule has 1 N–H and O–H groups in total. The summed E-state index contributed by atoms with van der Waals surface area (Å²) in [5, 5.41) is 3.50. The average molecular weight is 414 g/mol. The Bertz CT molecular complexity index is 1170. The minimum Gasteiger partial charge on any atom is -0.497 e. The zero-order valence-corrected chi connectivity index (χ0v) is 17.2. The molecule has 0 saturated heterocycles. The number of amides is 1. The first kappa shape index (κ1) is 19.7. The fraction of sp³-hybridized carbons (Fsp3) is 0.0385. The number of methoxy groups -OCH3 is 1. The highest BCUT2D eigenvalue weighted by Crippen LogP contribution is 2.31. The van der Waals surface area contributed by atoms with E-state index < -0.39 is 0 Å². The maximum absolute atomic E-state index is 12.8. The first-order chi connectivity index (χ1) is 14.6. The van der Waals surface area contributed by atoms with E-state index in [2.05, 4.69) is 29.6 Å². The van der Waals surface area contributed by atoms with Gasteiger partial charge in [-0.05, 0) is 47.0 Å². The summed E-state index contributed by atoms with van der Waals surface area (Å²) in [6, 6.07) is 30.9. The lowest BCUT2D eigenvalue weighted by atomic mass is 9.99. The molecule has 4 aromatic rings. The number of halogens is 1. The normalized spacial score (nSPS) is 10.5. The Balaban J connectivity index is 1.59. The molecule has 4 heteroatoms. The van der Waals surface area contributed by atoms with Gasteiger partial charge >= 0.3 is 0 Å². The Morgan fingerprint density at radius 1 is 0.767 bits per heavy atom. The van der Waals surface area contributed by atoms with Gasteiger partial charge in [-0.2, -0.15) is 0 Å². The SMILES string of the molecule is COc1cccc(NC(=O)c2ccc(Cl)c(-c3ccc(-c4ccccc4)cc3)c2)c1. The number of carbonyl (C=O) groups is 1. The molecule has 0 spiro atoms. The van der Waals surface area contributed by atoms with Crippen molar-refractivity contribution in [2.45, 2.75) is 0 Å². The number of hydrogen-bond acceptors (Lipinski definition) is 2. The van der Waals surface area contributed by atoms with Gasteiger partial charge in [0.1, 0.15) is 5.75 Å². The summed E-state index contributed by atoms with van der Waals surface area (Å²) in [6.07, 6.45) is 0. The van der Waals surface area contributed by atoms with Gasteiger partial charge in [0.25, 0.3) is 5.91 Å². The van der Waals surface area contributed by atoms with Crippen LogP contribution >= 0.6 is 11.6 Å². The number of carbonyl (C=O) groups excluding carboxylic acids is 1. The molecule has 0 aliphatic heterocycles. The summed E-state index contributed by atoms with van der Waals surface area (Å²) in [4.78, 5) is 12.8. The molecule has 0 saturated carbocycles. The zero-order chi connectivity index (χ0) is 20.9. The van der Waals surface area contributed by atoms with Crippen LogP contribution in [0.15, 0.2) is 97.1 Å². The summed E-state index contributed by atoms with van der Waals surface area (Å²) in [6.45, 7) is 0. The Morgan fingerprint density at radius 3 is 2.20 bits per heavy atom. The van der Waals surface area contributed by atoms with Gasteiger partial charge in [-0.3, -0.25) is 4.79 Å². The van der Waals surface area contributed by atoms with Crippen LogP contribution in [-0.2, 0) is 0 Å². The molecule has 0 atom stereocenters. The van der Waals surface area contributed by atoms with Crippen molar-refractivity contribution in [3.05, 3.63) is 108 Å². The van der Waals surface area contributed by atoms with Crippen LogP contribution in [-0.4, -0.2) is 13.0 Å². The fourth-order valence-electron chi connectivity index (χ4n) is 3.26. The van der Waals surface area contributed by atoms with E-state index in [-0.39, 0.29) is 5.91 Å². The van der Waals surface area contributed by atoms with Crippen LogP contribution in [0.3, 0.4) is 0 Å². The van der Waals surface area contributed by atoms with Crippen LogP contribution in [0.1, 0.15) is 10.4 Å². The molecule has 0 heterocycles. The molecule has 148 valence electrons. The van der Waals surface area contributed by atoms with Gasteiger partial charge in [-0.25, -0.2) is 0 Å². The topological polar surface area (TPSA) is 38.3 Å². The van der Waals surface area contributed by atoms with Crippen molar-refractivity contribution in [3.63, 3.8) is 0 Å². The first-order valence-corrected chi connectivity index (χ1v) is 9.92. The van der Waals surface area contributed by atoms with Gasteiger partial charge in [-0.15, -0.1) is 0 Å². The molecule has 0 bridgehead atoms. The second-order valence-electron chi connectivity index (χ2n) is 6.82. The second kappa shape index (κ2) is 8.85. The van der Waals surface area contributed by atoms with Crippen LogP contribution in [0, 0.1) is 0 Å². The summed E-state index contributed by atoms with van der Waals surface area (Å²) in [5.74, 6) is 0.477. The predicted octanol–water partition coefficient (Wildman–Crippen LogP) is 6.93. The molecule has 4 rings (SSSR count). The van der Waals surface area contributed by atoms with E-state index in [1.165, 1.54) is 0 Å². The number of nitrogens with one attached hydrogen (secondary N) is 1. The summed E-state index contributed by atoms with van der Waals surface area (Å²) < 4.78 is 5.21. The molecule has 30 heavy (non-hydrogen) atoms. The molecule has 4 aromatic carbocycles. The van der Waals surface area contributed by atoms with E-state index in [1.54, 1.807) is 25.3 Å². The highest BCUT2D eigenvalue weighted by Gasteiger charge is 2.11. The Morgan fingerprint density at radius 2 is 1.47 bits per heavy atom. The largest absolute Gasteiger partial charge is 0.497 e. The molecule has 3 nitrogen and oxygen atoms in total. The summed E-state index contributed by atoms with van der Waals surface area (Å²) >= 11 is 6.44. The highest BCUT2D eigenvalue weighted by molar-refractivity contribution is 6.33. The Kier molecular flexibility index (Phi) is 5.82. The Hall–Kier alpha value is -3.56. The summed E-state index contributed by atoms with van der Waals surface area (Å²) in [7, 11) is 1.59. The van der Waals surface area contributed by atoms with Crippen molar-refractivity contribution >= 4 is 23.2 Å². The fourth-order valence-corrected chi connectivity index (χ4v) is 3.49. The van der Waals surface area contributed by atoms with E-state index in [0.29, 0.717) is 22.0 Å². The third-order valence-electron chi connectivity index (χ3n) is 4.86. The van der Waals surface area contributed by atoms with Gasteiger partial charge in [-0.1, -0.05) is 72.3 Å². The summed E-state index contributed by atoms with van der Waals surface area (Å²) in [5.41, 5.74) is 5.25. The third-order valence-corrected chi connectivity index (χ3v) is 5.19. The number of hydrogen-bond donors (Lipinski definition) is 1. The van der Waals surface area contributed by atoms with E-state index in [0.717, 1.165) is 22.3 Å². The molecule has 0 aliphatic rings. The highest BCUT2D eigenvalue weighted by atomic mass is 35.5. The van der Waals surface area contributed by atoms with Gasteiger partial charge in [0.2, 0.25) is 0 Å². The number of benzene rings is 4. The first-order valence-electron chi connectivity index (χ1n) is 9.55. The third kappa shape index (κ3) is 4.37. The molecule has 0 radical (unpaired) electrons. The van der Waals surface area contributed by atoms with E-state index in [4.69, 9.17) is 16.3 Å². The van der Waals surface area contributed by atoms with Gasteiger partial charge in [0.05, 0.1) is 7.11 Å². The van der Waals surface area contributed by atoms with Gasteiger partial charge in [0.15, 0.2) is 0 Å². The maximum atomic E-state index is 12.8. The van der Waals surface area contributed by atoms with Gasteiger partial charge in [0, 0.05) is 27.9 Å². The molecular weight excluding hydrogens is 394 g/mol. The number of anilines is 1. The Labute approximate surface area is 180 Å². The van der Waals surface area contributed by atoms with Crippen molar-refractivity contribution in [1.82, 2.24) is 0 Å². The van der Waals surface area contributed by atoms with E-state index in [9.17, 15) is 4.79 Å².